The number of pyridine rings is 1. The van der Waals surface area contributed by atoms with Crippen LogP contribution in [0.2, 0.25) is 0 Å². The molecular formula is C17H25N3O3. The second-order valence-corrected chi connectivity index (χ2v) is 6.16. The molecule has 2 heterocycles. The van der Waals surface area contributed by atoms with E-state index in [1.807, 2.05) is 6.20 Å². The van der Waals surface area contributed by atoms with E-state index in [0.29, 0.717) is 19.0 Å². The van der Waals surface area contributed by atoms with Crippen molar-refractivity contribution in [3.63, 3.8) is 0 Å². The summed E-state index contributed by atoms with van der Waals surface area (Å²) in [4.78, 5) is 31.6. The van der Waals surface area contributed by atoms with Gasteiger partial charge in [0.1, 0.15) is 6.61 Å². The SMILES string of the molecule is CC(C)c1ccc(N2CCN(C(=O)CCC(=O)CO)CC2)cn1. The van der Waals surface area contributed by atoms with Gasteiger partial charge in [-0.05, 0) is 18.1 Å². The van der Waals surface area contributed by atoms with Gasteiger partial charge in [-0.1, -0.05) is 13.8 Å². The Hall–Kier alpha value is -1.95. The van der Waals surface area contributed by atoms with Crippen molar-refractivity contribution >= 4 is 17.4 Å². The molecule has 1 aliphatic rings. The minimum Gasteiger partial charge on any atom is -0.389 e. The molecule has 1 aromatic heterocycles. The number of carbonyl (C=O) groups excluding carboxylic acids is 2. The molecular weight excluding hydrogens is 294 g/mol. The second kappa shape index (κ2) is 8.06. The van der Waals surface area contributed by atoms with E-state index in [1.165, 1.54) is 0 Å². The van der Waals surface area contributed by atoms with E-state index in [9.17, 15) is 9.59 Å². The summed E-state index contributed by atoms with van der Waals surface area (Å²) in [5, 5.41) is 8.69. The average molecular weight is 319 g/mol. The van der Waals surface area contributed by atoms with Gasteiger partial charge in [0.25, 0.3) is 0 Å². The molecule has 1 amide bonds. The lowest BCUT2D eigenvalue weighted by molar-refractivity contribution is -0.133. The lowest BCUT2D eigenvalue weighted by Crippen LogP contribution is -2.48. The first kappa shape index (κ1) is 17.4. The van der Waals surface area contributed by atoms with Crippen molar-refractivity contribution in [1.82, 2.24) is 9.88 Å². The van der Waals surface area contributed by atoms with E-state index in [2.05, 4.69) is 35.9 Å². The normalized spacial score (nSPS) is 15.1. The molecule has 0 atom stereocenters. The summed E-state index contributed by atoms with van der Waals surface area (Å²) >= 11 is 0. The lowest BCUT2D eigenvalue weighted by atomic mass is 10.1. The first-order chi connectivity index (χ1) is 11.0. The van der Waals surface area contributed by atoms with Gasteiger partial charge >= 0.3 is 0 Å². The minimum absolute atomic E-state index is 0.0141. The second-order valence-electron chi connectivity index (χ2n) is 6.16. The smallest absolute Gasteiger partial charge is 0.223 e. The molecule has 23 heavy (non-hydrogen) atoms. The maximum Gasteiger partial charge on any atom is 0.223 e. The molecule has 6 nitrogen and oxygen atoms in total. The standard InChI is InChI=1S/C17H25N3O3/c1-13(2)16-5-3-14(11-18-16)19-7-9-20(10-8-19)17(23)6-4-15(22)12-21/h3,5,11,13,21H,4,6-10,12H2,1-2H3. The number of hydrogen-bond acceptors (Lipinski definition) is 5. The zero-order valence-corrected chi connectivity index (χ0v) is 13.9. The molecule has 0 bridgehead atoms. The number of amides is 1. The van der Waals surface area contributed by atoms with Crippen LogP contribution in [0.1, 0.15) is 38.3 Å². The monoisotopic (exact) mass is 319 g/mol. The largest absolute Gasteiger partial charge is 0.389 e. The molecule has 6 heteroatoms. The van der Waals surface area contributed by atoms with E-state index in [4.69, 9.17) is 5.11 Å². The average Bonchev–Trinajstić information content (AvgIpc) is 2.59. The van der Waals surface area contributed by atoms with Crippen LogP contribution in [0, 0.1) is 0 Å². The molecule has 1 fully saturated rings. The Labute approximate surface area is 137 Å². The fourth-order valence-corrected chi connectivity index (χ4v) is 2.62. The number of aliphatic hydroxyl groups is 1. The first-order valence-corrected chi connectivity index (χ1v) is 8.12. The van der Waals surface area contributed by atoms with Crippen molar-refractivity contribution in [2.45, 2.75) is 32.6 Å². The zero-order valence-electron chi connectivity index (χ0n) is 13.9. The Balaban J connectivity index is 1.83. The summed E-state index contributed by atoms with van der Waals surface area (Å²) in [7, 11) is 0. The number of hydrogen-bond donors (Lipinski definition) is 1. The quantitative estimate of drug-likeness (QED) is 0.853. The number of anilines is 1. The zero-order chi connectivity index (χ0) is 16.8. The maximum atomic E-state index is 12.0. The fourth-order valence-electron chi connectivity index (χ4n) is 2.62. The van der Waals surface area contributed by atoms with Crippen LogP contribution in [0.25, 0.3) is 0 Å². The van der Waals surface area contributed by atoms with Gasteiger partial charge in [0.05, 0.1) is 11.9 Å². The van der Waals surface area contributed by atoms with Crippen LogP contribution in [0.15, 0.2) is 18.3 Å². The molecule has 1 saturated heterocycles. The Bertz CT molecular complexity index is 535. The highest BCUT2D eigenvalue weighted by atomic mass is 16.3. The van der Waals surface area contributed by atoms with Crippen LogP contribution in [0.3, 0.4) is 0 Å². The number of nitrogens with zero attached hydrogens (tertiary/aromatic N) is 3. The lowest BCUT2D eigenvalue weighted by Gasteiger charge is -2.36. The molecule has 126 valence electrons. The summed E-state index contributed by atoms with van der Waals surface area (Å²) in [5.41, 5.74) is 2.16. The van der Waals surface area contributed by atoms with Gasteiger partial charge in [0.15, 0.2) is 5.78 Å². The maximum absolute atomic E-state index is 12.0. The third kappa shape index (κ3) is 4.76. The molecule has 2 rings (SSSR count). The summed E-state index contributed by atoms with van der Waals surface area (Å²) in [6.45, 7) is 6.59. The number of rotatable bonds is 6. The molecule has 1 N–H and O–H groups in total. The first-order valence-electron chi connectivity index (χ1n) is 8.12. The van der Waals surface area contributed by atoms with Gasteiger partial charge in [0, 0.05) is 44.7 Å². The third-order valence-electron chi connectivity index (χ3n) is 4.15. The third-order valence-corrected chi connectivity index (χ3v) is 4.15. The molecule has 0 saturated carbocycles. The number of piperazine rings is 1. The van der Waals surface area contributed by atoms with E-state index in [-0.39, 0.29) is 24.5 Å². The van der Waals surface area contributed by atoms with Crippen LogP contribution in [-0.2, 0) is 9.59 Å². The van der Waals surface area contributed by atoms with Crippen LogP contribution in [0.4, 0.5) is 5.69 Å². The van der Waals surface area contributed by atoms with Crippen LogP contribution in [0.5, 0.6) is 0 Å². The van der Waals surface area contributed by atoms with E-state index >= 15 is 0 Å². The van der Waals surface area contributed by atoms with Gasteiger partial charge in [0.2, 0.25) is 5.91 Å². The van der Waals surface area contributed by atoms with E-state index in [0.717, 1.165) is 24.5 Å². The fraction of sp³-hybridized carbons (Fsp3) is 0.588. The number of aromatic nitrogens is 1. The Morgan fingerprint density at radius 3 is 2.39 bits per heavy atom. The summed E-state index contributed by atoms with van der Waals surface area (Å²) in [6.07, 6.45) is 2.20. The summed E-state index contributed by atoms with van der Waals surface area (Å²) in [5.74, 6) is 0.119. The van der Waals surface area contributed by atoms with Gasteiger partial charge in [-0.15, -0.1) is 0 Å². The van der Waals surface area contributed by atoms with Crippen molar-refractivity contribution in [3.05, 3.63) is 24.0 Å². The number of Topliss-reactive ketones (excluding diaryl/α,β-unsaturated/α-hetero) is 1. The summed E-state index contributed by atoms with van der Waals surface area (Å²) < 4.78 is 0. The predicted molar refractivity (Wildman–Crippen MR) is 88.4 cm³/mol. The molecule has 0 aromatic carbocycles. The van der Waals surface area contributed by atoms with Crippen molar-refractivity contribution in [3.8, 4) is 0 Å². The van der Waals surface area contributed by atoms with Crippen molar-refractivity contribution in [1.29, 1.82) is 0 Å². The van der Waals surface area contributed by atoms with Gasteiger partial charge < -0.3 is 14.9 Å². The Morgan fingerprint density at radius 2 is 1.87 bits per heavy atom. The number of aliphatic hydroxyl groups excluding tert-OH is 1. The van der Waals surface area contributed by atoms with E-state index < -0.39 is 6.61 Å². The van der Waals surface area contributed by atoms with Crippen molar-refractivity contribution < 1.29 is 14.7 Å². The topological polar surface area (TPSA) is 73.7 Å². The Kier molecular flexibility index (Phi) is 6.10. The highest BCUT2D eigenvalue weighted by molar-refractivity contribution is 5.85. The highest BCUT2D eigenvalue weighted by Gasteiger charge is 2.21. The van der Waals surface area contributed by atoms with Gasteiger partial charge in [-0.3, -0.25) is 14.6 Å². The van der Waals surface area contributed by atoms with Crippen LogP contribution < -0.4 is 4.90 Å². The predicted octanol–water partition coefficient (Wildman–Crippen LogP) is 1.20. The van der Waals surface area contributed by atoms with Crippen LogP contribution in [-0.4, -0.2) is 59.5 Å². The number of carbonyl (C=O) groups is 2. The summed E-state index contributed by atoms with van der Waals surface area (Å²) in [6, 6.07) is 4.14. The van der Waals surface area contributed by atoms with Crippen molar-refractivity contribution in [2.75, 3.05) is 37.7 Å². The van der Waals surface area contributed by atoms with Crippen molar-refractivity contribution in [2.24, 2.45) is 0 Å². The molecule has 1 aromatic rings. The molecule has 1 aliphatic heterocycles. The highest BCUT2D eigenvalue weighted by Crippen LogP contribution is 2.19. The van der Waals surface area contributed by atoms with Crippen LogP contribution >= 0.6 is 0 Å². The van der Waals surface area contributed by atoms with E-state index in [1.54, 1.807) is 4.90 Å². The van der Waals surface area contributed by atoms with Gasteiger partial charge in [-0.2, -0.15) is 0 Å². The minimum atomic E-state index is -0.486. The molecule has 0 spiro atoms. The van der Waals surface area contributed by atoms with Gasteiger partial charge in [-0.25, -0.2) is 0 Å². The number of ketones is 1. The molecule has 0 unspecified atom stereocenters. The molecule has 0 radical (unpaired) electrons. The Morgan fingerprint density at radius 1 is 1.17 bits per heavy atom. The molecule has 0 aliphatic carbocycles.